The predicted molar refractivity (Wildman–Crippen MR) is 115 cm³/mol. The van der Waals surface area contributed by atoms with E-state index >= 15 is 0 Å². The van der Waals surface area contributed by atoms with Gasteiger partial charge in [-0.05, 0) is 54.1 Å². The second-order valence-electron chi connectivity index (χ2n) is 6.80. The standard InChI is InChI=1S/C22H18F3N5O/c1-26-20-9-3-14(11-28-20)13-2-8-18-17(10-13)19(12-27-18)30-21(31)29-16-6-4-15(5-7-16)22(23,24)25/h2-12,27H,1H3,(H,26,28)(H2,29,30,31). The molecule has 31 heavy (non-hydrogen) atoms. The summed E-state index contributed by atoms with van der Waals surface area (Å²) < 4.78 is 38.0. The van der Waals surface area contributed by atoms with Gasteiger partial charge in [-0.2, -0.15) is 13.2 Å². The van der Waals surface area contributed by atoms with Crippen LogP contribution in [-0.2, 0) is 6.18 Å². The van der Waals surface area contributed by atoms with Crippen molar-refractivity contribution in [3.63, 3.8) is 0 Å². The van der Waals surface area contributed by atoms with Crippen LogP contribution in [0.3, 0.4) is 0 Å². The minimum Gasteiger partial charge on any atom is -0.373 e. The van der Waals surface area contributed by atoms with Gasteiger partial charge >= 0.3 is 12.2 Å². The van der Waals surface area contributed by atoms with Crippen LogP contribution in [0.4, 0.5) is 35.2 Å². The van der Waals surface area contributed by atoms with Crippen molar-refractivity contribution in [2.75, 3.05) is 23.0 Å². The number of halogens is 3. The van der Waals surface area contributed by atoms with Crippen LogP contribution in [0.5, 0.6) is 0 Å². The van der Waals surface area contributed by atoms with E-state index in [1.807, 2.05) is 30.3 Å². The van der Waals surface area contributed by atoms with Gasteiger partial charge in [-0.25, -0.2) is 9.78 Å². The van der Waals surface area contributed by atoms with Crippen molar-refractivity contribution < 1.29 is 18.0 Å². The Morgan fingerprint density at radius 1 is 0.968 bits per heavy atom. The third-order valence-electron chi connectivity index (χ3n) is 4.75. The number of nitrogens with zero attached hydrogens (tertiary/aromatic N) is 1. The molecule has 2 heterocycles. The summed E-state index contributed by atoms with van der Waals surface area (Å²) in [6.07, 6.45) is -1.02. The zero-order chi connectivity index (χ0) is 22.0. The molecule has 2 aromatic heterocycles. The Balaban J connectivity index is 1.52. The molecule has 0 aliphatic carbocycles. The molecule has 0 bridgehead atoms. The van der Waals surface area contributed by atoms with Crippen LogP contribution in [-0.4, -0.2) is 23.0 Å². The quantitative estimate of drug-likeness (QED) is 0.327. The number of aromatic nitrogens is 2. The first-order chi connectivity index (χ1) is 14.8. The first-order valence-corrected chi connectivity index (χ1v) is 9.34. The first kappa shape index (κ1) is 20.3. The molecule has 158 valence electrons. The zero-order valence-electron chi connectivity index (χ0n) is 16.3. The van der Waals surface area contributed by atoms with Gasteiger partial charge in [0.1, 0.15) is 5.82 Å². The third-order valence-corrected chi connectivity index (χ3v) is 4.75. The molecule has 0 radical (unpaired) electrons. The van der Waals surface area contributed by atoms with Crippen LogP contribution in [0.25, 0.3) is 22.0 Å². The molecule has 0 fully saturated rings. The smallest absolute Gasteiger partial charge is 0.373 e. The van der Waals surface area contributed by atoms with Crippen LogP contribution in [0.1, 0.15) is 5.56 Å². The Hall–Kier alpha value is -4.01. The summed E-state index contributed by atoms with van der Waals surface area (Å²) in [5, 5.41) is 9.02. The van der Waals surface area contributed by atoms with Crippen molar-refractivity contribution in [2.45, 2.75) is 6.18 Å². The largest absolute Gasteiger partial charge is 0.416 e. The lowest BCUT2D eigenvalue weighted by Crippen LogP contribution is -2.19. The number of amides is 2. The number of pyridine rings is 1. The van der Waals surface area contributed by atoms with Crippen molar-refractivity contribution in [3.8, 4) is 11.1 Å². The first-order valence-electron chi connectivity index (χ1n) is 9.34. The van der Waals surface area contributed by atoms with Crippen molar-refractivity contribution in [1.29, 1.82) is 0 Å². The lowest BCUT2D eigenvalue weighted by molar-refractivity contribution is -0.137. The molecule has 0 unspecified atom stereocenters. The van der Waals surface area contributed by atoms with Crippen LogP contribution < -0.4 is 16.0 Å². The van der Waals surface area contributed by atoms with Gasteiger partial charge in [-0.15, -0.1) is 0 Å². The minimum absolute atomic E-state index is 0.252. The number of rotatable bonds is 4. The highest BCUT2D eigenvalue weighted by atomic mass is 19.4. The lowest BCUT2D eigenvalue weighted by atomic mass is 10.1. The molecule has 9 heteroatoms. The number of nitrogens with one attached hydrogen (secondary N) is 4. The maximum atomic E-state index is 12.7. The number of alkyl halides is 3. The fraction of sp³-hybridized carbons (Fsp3) is 0.0909. The van der Waals surface area contributed by atoms with Crippen LogP contribution in [0.15, 0.2) is 67.0 Å². The molecule has 0 atom stereocenters. The summed E-state index contributed by atoms with van der Waals surface area (Å²) in [5.41, 5.74) is 2.69. The molecule has 4 rings (SSSR count). The molecule has 4 aromatic rings. The van der Waals surface area contributed by atoms with E-state index in [4.69, 9.17) is 0 Å². The average molecular weight is 425 g/mol. The summed E-state index contributed by atoms with van der Waals surface area (Å²) in [4.78, 5) is 19.8. The van der Waals surface area contributed by atoms with E-state index in [0.717, 1.165) is 40.0 Å². The number of aromatic amines is 1. The minimum atomic E-state index is -4.43. The molecule has 0 spiro atoms. The Morgan fingerprint density at radius 2 is 1.71 bits per heavy atom. The van der Waals surface area contributed by atoms with Gasteiger partial charge in [-0.1, -0.05) is 6.07 Å². The number of anilines is 3. The molecular weight excluding hydrogens is 407 g/mol. The fourth-order valence-corrected chi connectivity index (χ4v) is 3.14. The van der Waals surface area contributed by atoms with Gasteiger partial charge in [0.25, 0.3) is 0 Å². The van der Waals surface area contributed by atoms with E-state index in [9.17, 15) is 18.0 Å². The van der Waals surface area contributed by atoms with Gasteiger partial charge < -0.3 is 20.9 Å². The normalized spacial score (nSPS) is 11.4. The summed E-state index contributed by atoms with van der Waals surface area (Å²) in [6.45, 7) is 0. The lowest BCUT2D eigenvalue weighted by Gasteiger charge is -2.10. The summed E-state index contributed by atoms with van der Waals surface area (Å²) in [6, 6.07) is 13.3. The molecule has 0 saturated carbocycles. The third kappa shape index (κ3) is 4.45. The summed E-state index contributed by atoms with van der Waals surface area (Å²) in [5.74, 6) is 0.758. The zero-order valence-corrected chi connectivity index (χ0v) is 16.3. The maximum absolute atomic E-state index is 12.7. The van der Waals surface area contributed by atoms with Gasteiger partial charge in [0, 0.05) is 41.6 Å². The van der Waals surface area contributed by atoms with Gasteiger partial charge in [0.05, 0.1) is 11.3 Å². The van der Waals surface area contributed by atoms with E-state index in [-0.39, 0.29) is 5.69 Å². The van der Waals surface area contributed by atoms with Crippen molar-refractivity contribution in [3.05, 3.63) is 72.6 Å². The Bertz CT molecular complexity index is 1210. The number of carbonyl (C=O) groups excluding carboxylic acids is 1. The number of benzene rings is 2. The fourth-order valence-electron chi connectivity index (χ4n) is 3.14. The number of H-pyrrole nitrogens is 1. The number of hydrogen-bond acceptors (Lipinski definition) is 3. The van der Waals surface area contributed by atoms with E-state index < -0.39 is 17.8 Å². The molecule has 0 aliphatic heterocycles. The second kappa shape index (κ2) is 8.02. The van der Waals surface area contributed by atoms with Crippen LogP contribution in [0.2, 0.25) is 0 Å². The molecule has 4 N–H and O–H groups in total. The molecule has 0 aliphatic rings. The molecular formula is C22H18F3N5O. The van der Waals surface area contributed by atoms with Crippen molar-refractivity contribution >= 4 is 34.1 Å². The molecule has 6 nitrogen and oxygen atoms in total. The average Bonchev–Trinajstić information content (AvgIpc) is 3.15. The molecule has 2 aromatic carbocycles. The summed E-state index contributed by atoms with van der Waals surface area (Å²) >= 11 is 0. The van der Waals surface area contributed by atoms with Gasteiger partial charge in [0.2, 0.25) is 0 Å². The van der Waals surface area contributed by atoms with E-state index in [2.05, 4.69) is 25.9 Å². The van der Waals surface area contributed by atoms with Gasteiger partial charge in [0.15, 0.2) is 0 Å². The van der Waals surface area contributed by atoms with Gasteiger partial charge in [-0.3, -0.25) is 0 Å². The highest BCUT2D eigenvalue weighted by Gasteiger charge is 2.30. The maximum Gasteiger partial charge on any atom is 0.416 e. The van der Waals surface area contributed by atoms with Crippen LogP contribution in [0, 0.1) is 0 Å². The van der Waals surface area contributed by atoms with Crippen LogP contribution >= 0.6 is 0 Å². The van der Waals surface area contributed by atoms with E-state index in [0.29, 0.717) is 5.69 Å². The predicted octanol–water partition coefficient (Wildman–Crippen LogP) is 5.93. The number of hydrogen-bond donors (Lipinski definition) is 4. The topological polar surface area (TPSA) is 81.8 Å². The Labute approximate surface area is 175 Å². The SMILES string of the molecule is CNc1ccc(-c2ccc3[nH]cc(NC(=O)Nc4ccc(C(F)(F)F)cc4)c3c2)cn1. The van der Waals surface area contributed by atoms with E-state index in [1.54, 1.807) is 19.4 Å². The highest BCUT2D eigenvalue weighted by Crippen LogP contribution is 2.31. The summed E-state index contributed by atoms with van der Waals surface area (Å²) in [7, 11) is 1.79. The number of fused-ring (bicyclic) bond motifs is 1. The Kier molecular flexibility index (Phi) is 5.24. The van der Waals surface area contributed by atoms with E-state index in [1.165, 1.54) is 12.1 Å². The Morgan fingerprint density at radius 3 is 2.35 bits per heavy atom. The van der Waals surface area contributed by atoms with Crippen molar-refractivity contribution in [1.82, 2.24) is 9.97 Å². The molecule has 2 amide bonds. The highest BCUT2D eigenvalue weighted by molar-refractivity contribution is 6.06. The number of urea groups is 1. The number of carbonyl (C=O) groups is 1. The second-order valence-corrected chi connectivity index (χ2v) is 6.80. The monoisotopic (exact) mass is 425 g/mol. The van der Waals surface area contributed by atoms with Crippen molar-refractivity contribution in [2.24, 2.45) is 0 Å². The molecule has 0 saturated heterocycles.